The van der Waals surface area contributed by atoms with Crippen LogP contribution in [-0.4, -0.2) is 19.4 Å². The van der Waals surface area contributed by atoms with Gasteiger partial charge < -0.3 is 10.6 Å². The highest BCUT2D eigenvalue weighted by molar-refractivity contribution is 5.97. The third-order valence-electron chi connectivity index (χ3n) is 3.82. The van der Waals surface area contributed by atoms with Gasteiger partial charge in [-0.3, -0.25) is 9.59 Å². The number of hydrogen-bond donors (Lipinski definition) is 2. The van der Waals surface area contributed by atoms with Crippen LogP contribution in [0.3, 0.4) is 0 Å². The summed E-state index contributed by atoms with van der Waals surface area (Å²) >= 11 is 0. The van der Waals surface area contributed by atoms with Gasteiger partial charge in [0, 0.05) is 13.1 Å². The lowest BCUT2D eigenvalue weighted by molar-refractivity contribution is -0.110. The van der Waals surface area contributed by atoms with Crippen molar-refractivity contribution in [2.45, 2.75) is 13.0 Å². The first-order chi connectivity index (χ1) is 10.3. The second-order valence-corrected chi connectivity index (χ2v) is 5.13. The molecule has 2 aromatic rings. The Morgan fingerprint density at radius 2 is 1.81 bits per heavy atom. The Hall–Kier alpha value is -2.62. The van der Waals surface area contributed by atoms with Crippen LogP contribution >= 0.6 is 0 Å². The molecular weight excluding hydrogens is 264 g/mol. The third kappa shape index (κ3) is 2.52. The second kappa shape index (κ2) is 5.79. The van der Waals surface area contributed by atoms with E-state index < -0.39 is 0 Å². The number of rotatable bonds is 6. The fraction of sp³-hybridized carbons (Fsp3) is 0.176. The van der Waals surface area contributed by atoms with Crippen molar-refractivity contribution in [2.75, 3.05) is 6.54 Å². The van der Waals surface area contributed by atoms with E-state index in [-0.39, 0.29) is 0 Å². The molecular formula is C17H16N2O2. The molecule has 0 saturated carbocycles. The normalized spacial score (nSPS) is 12.7. The topological polar surface area (TPSA) is 58.2 Å². The Bertz CT molecular complexity index is 735. The van der Waals surface area contributed by atoms with E-state index in [9.17, 15) is 9.59 Å². The van der Waals surface area contributed by atoms with Gasteiger partial charge in [-0.15, -0.1) is 0 Å². The smallest absolute Gasteiger partial charge is 0.207 e. The molecule has 0 saturated heterocycles. The quantitative estimate of drug-likeness (QED) is 0.792. The summed E-state index contributed by atoms with van der Waals surface area (Å²) in [7, 11) is 0. The van der Waals surface area contributed by atoms with E-state index >= 15 is 0 Å². The molecule has 0 heterocycles. The van der Waals surface area contributed by atoms with Gasteiger partial charge in [-0.1, -0.05) is 36.4 Å². The Labute approximate surface area is 122 Å². The van der Waals surface area contributed by atoms with Gasteiger partial charge >= 0.3 is 0 Å². The van der Waals surface area contributed by atoms with E-state index in [0.29, 0.717) is 19.5 Å². The summed E-state index contributed by atoms with van der Waals surface area (Å²) in [6.45, 7) is 1.06. The first-order valence-electron chi connectivity index (χ1n) is 6.90. The highest BCUT2D eigenvalue weighted by Gasteiger charge is 2.16. The number of benzene rings is 2. The maximum Gasteiger partial charge on any atom is 0.207 e. The van der Waals surface area contributed by atoms with E-state index in [2.05, 4.69) is 41.0 Å². The summed E-state index contributed by atoms with van der Waals surface area (Å²) in [5.74, 6) is 0. The van der Waals surface area contributed by atoms with Crippen LogP contribution in [0.15, 0.2) is 35.9 Å². The molecule has 4 heteroatoms. The first kappa shape index (κ1) is 13.4. The average Bonchev–Trinajstić information content (AvgIpc) is 2.52. The monoisotopic (exact) mass is 280 g/mol. The van der Waals surface area contributed by atoms with Crippen molar-refractivity contribution in [3.05, 3.63) is 52.6 Å². The van der Waals surface area contributed by atoms with Gasteiger partial charge in [0.1, 0.15) is 0 Å². The van der Waals surface area contributed by atoms with Crippen LogP contribution in [0, 0.1) is 0 Å². The van der Waals surface area contributed by atoms with E-state index in [1.165, 1.54) is 21.9 Å². The molecule has 0 aromatic heterocycles. The lowest BCUT2D eigenvalue weighted by Gasteiger charge is -2.20. The van der Waals surface area contributed by atoms with Gasteiger partial charge in [-0.05, 0) is 39.5 Å². The number of amides is 2. The van der Waals surface area contributed by atoms with E-state index in [1.54, 1.807) is 0 Å². The molecule has 106 valence electrons. The molecule has 2 aromatic carbocycles. The van der Waals surface area contributed by atoms with Crippen LogP contribution < -0.4 is 10.6 Å². The number of hydrogen-bond acceptors (Lipinski definition) is 2. The Balaban J connectivity index is 2.12. The Morgan fingerprint density at radius 1 is 1.00 bits per heavy atom. The fourth-order valence-electron chi connectivity index (χ4n) is 2.93. The van der Waals surface area contributed by atoms with Crippen molar-refractivity contribution in [3.63, 3.8) is 0 Å². The zero-order valence-corrected chi connectivity index (χ0v) is 11.6. The van der Waals surface area contributed by atoms with Gasteiger partial charge in [0.2, 0.25) is 12.8 Å². The van der Waals surface area contributed by atoms with Crippen molar-refractivity contribution in [1.29, 1.82) is 0 Å². The highest BCUT2D eigenvalue weighted by atomic mass is 16.1. The summed E-state index contributed by atoms with van der Waals surface area (Å²) in [4.78, 5) is 21.1. The van der Waals surface area contributed by atoms with Crippen LogP contribution in [0.25, 0.3) is 16.8 Å². The van der Waals surface area contributed by atoms with Crippen molar-refractivity contribution < 1.29 is 9.59 Å². The molecule has 0 spiro atoms. The standard InChI is InChI=1S/C17H16N2O2/c20-10-18-8-12-6-14-3-1-2-13-4-5-15(9-19-11-21)16(7-12)17(13)14/h1-5,7,10-11H,6,8-9H2,(H,18,20)(H,19,21). The van der Waals surface area contributed by atoms with Gasteiger partial charge in [0.25, 0.3) is 0 Å². The highest BCUT2D eigenvalue weighted by Crippen LogP contribution is 2.33. The zero-order valence-electron chi connectivity index (χ0n) is 11.6. The predicted molar refractivity (Wildman–Crippen MR) is 82.6 cm³/mol. The minimum Gasteiger partial charge on any atom is -0.355 e. The lowest BCUT2D eigenvalue weighted by atomic mass is 9.86. The number of nitrogens with one attached hydrogen (secondary N) is 2. The molecule has 0 aliphatic heterocycles. The molecule has 0 unspecified atom stereocenters. The van der Waals surface area contributed by atoms with E-state index in [1.807, 2.05) is 6.07 Å². The molecule has 0 fully saturated rings. The maximum absolute atomic E-state index is 10.6. The summed E-state index contributed by atoms with van der Waals surface area (Å²) < 4.78 is 0. The predicted octanol–water partition coefficient (Wildman–Crippen LogP) is 1.77. The van der Waals surface area contributed by atoms with Gasteiger partial charge in [0.15, 0.2) is 0 Å². The Kier molecular flexibility index (Phi) is 3.69. The molecule has 4 nitrogen and oxygen atoms in total. The summed E-state index contributed by atoms with van der Waals surface area (Å²) in [5.41, 5.74) is 4.66. The number of carbonyl (C=O) groups is 2. The van der Waals surface area contributed by atoms with Crippen LogP contribution in [0.2, 0.25) is 0 Å². The van der Waals surface area contributed by atoms with Crippen LogP contribution in [-0.2, 0) is 22.6 Å². The maximum atomic E-state index is 10.6. The molecule has 2 amide bonds. The van der Waals surface area contributed by atoms with Crippen molar-refractivity contribution in [3.8, 4) is 0 Å². The van der Waals surface area contributed by atoms with Crippen LogP contribution in [0.4, 0.5) is 0 Å². The SMILES string of the molecule is O=CNCC1=Cc2c(CNC=O)ccc3cccc(c23)C1. The zero-order chi connectivity index (χ0) is 14.7. The second-order valence-electron chi connectivity index (χ2n) is 5.13. The average molecular weight is 280 g/mol. The van der Waals surface area contributed by atoms with E-state index in [0.717, 1.165) is 24.0 Å². The molecule has 3 rings (SSSR count). The van der Waals surface area contributed by atoms with Crippen molar-refractivity contribution >= 4 is 29.7 Å². The molecule has 0 atom stereocenters. The molecule has 21 heavy (non-hydrogen) atoms. The number of carbonyl (C=O) groups excluding carboxylic acids is 2. The third-order valence-corrected chi connectivity index (χ3v) is 3.82. The molecule has 2 N–H and O–H groups in total. The first-order valence-corrected chi connectivity index (χ1v) is 6.90. The summed E-state index contributed by atoms with van der Waals surface area (Å²) in [6, 6.07) is 10.4. The van der Waals surface area contributed by atoms with Crippen LogP contribution in [0.5, 0.6) is 0 Å². The fourth-order valence-corrected chi connectivity index (χ4v) is 2.93. The Morgan fingerprint density at radius 3 is 2.62 bits per heavy atom. The molecule has 1 aliphatic carbocycles. The largest absolute Gasteiger partial charge is 0.355 e. The summed E-state index contributed by atoms with van der Waals surface area (Å²) in [5, 5.41) is 7.90. The van der Waals surface area contributed by atoms with Crippen molar-refractivity contribution in [1.82, 2.24) is 10.6 Å². The summed E-state index contributed by atoms with van der Waals surface area (Å²) in [6.07, 6.45) is 4.41. The molecule has 1 aliphatic rings. The van der Waals surface area contributed by atoms with E-state index in [4.69, 9.17) is 0 Å². The van der Waals surface area contributed by atoms with Gasteiger partial charge in [0.05, 0.1) is 0 Å². The van der Waals surface area contributed by atoms with Gasteiger partial charge in [-0.2, -0.15) is 0 Å². The van der Waals surface area contributed by atoms with Gasteiger partial charge in [-0.25, -0.2) is 0 Å². The molecule has 0 radical (unpaired) electrons. The lowest BCUT2D eigenvalue weighted by Crippen LogP contribution is -2.18. The van der Waals surface area contributed by atoms with Crippen LogP contribution in [0.1, 0.15) is 16.7 Å². The minimum atomic E-state index is 0.508. The minimum absolute atomic E-state index is 0.508. The molecule has 0 bridgehead atoms. The van der Waals surface area contributed by atoms with Crippen molar-refractivity contribution in [2.24, 2.45) is 0 Å².